The van der Waals surface area contributed by atoms with Gasteiger partial charge in [-0.2, -0.15) is 0 Å². The summed E-state index contributed by atoms with van der Waals surface area (Å²) in [5, 5.41) is 0. The zero-order chi connectivity index (χ0) is 9.97. The molecule has 0 N–H and O–H groups in total. The van der Waals surface area contributed by atoms with E-state index in [2.05, 4.69) is 20.8 Å². The molecule has 0 bridgehead atoms. The number of hydrogen-bond acceptors (Lipinski definition) is 0. The van der Waals surface area contributed by atoms with Crippen molar-refractivity contribution in [1.29, 1.82) is 0 Å². The van der Waals surface area contributed by atoms with Crippen LogP contribution in [0.25, 0.3) is 0 Å². The third-order valence-corrected chi connectivity index (χ3v) is 5.88. The van der Waals surface area contributed by atoms with Crippen LogP contribution in [0.15, 0.2) is 0 Å². The number of fused-ring (bicyclic) bond motifs is 1. The molecule has 3 fully saturated rings. The first-order valence-electron chi connectivity index (χ1n) is 6.68. The molecular weight excluding hydrogens is 168 g/mol. The Kier molecular flexibility index (Phi) is 1.70. The highest BCUT2D eigenvalue weighted by molar-refractivity contribution is 5.31. The predicted octanol–water partition coefficient (Wildman–Crippen LogP) is 4.25. The third kappa shape index (κ3) is 0.955. The van der Waals surface area contributed by atoms with Crippen molar-refractivity contribution >= 4 is 0 Å². The number of hydrogen-bond donors (Lipinski definition) is 0. The van der Waals surface area contributed by atoms with Crippen molar-refractivity contribution in [1.82, 2.24) is 0 Å². The molecule has 0 amide bonds. The smallest absolute Gasteiger partial charge is 0.0206 e. The molecular formula is C14H24. The molecule has 0 aliphatic heterocycles. The van der Waals surface area contributed by atoms with Gasteiger partial charge in [0.25, 0.3) is 0 Å². The second-order valence-electron chi connectivity index (χ2n) is 6.45. The molecule has 3 aliphatic carbocycles. The molecule has 0 aromatic rings. The van der Waals surface area contributed by atoms with Gasteiger partial charge in [-0.3, -0.25) is 0 Å². The lowest BCUT2D eigenvalue weighted by atomic mass is 9.84. The summed E-state index contributed by atoms with van der Waals surface area (Å²) in [6.07, 6.45) is 9.07. The van der Waals surface area contributed by atoms with Crippen molar-refractivity contribution < 1.29 is 0 Å². The molecule has 0 nitrogen and oxygen atoms in total. The minimum absolute atomic E-state index is 0.813. The van der Waals surface area contributed by atoms with Gasteiger partial charge < -0.3 is 0 Å². The molecule has 14 heavy (non-hydrogen) atoms. The van der Waals surface area contributed by atoms with Crippen LogP contribution in [-0.2, 0) is 0 Å². The van der Waals surface area contributed by atoms with E-state index < -0.39 is 0 Å². The van der Waals surface area contributed by atoms with E-state index in [9.17, 15) is 0 Å². The van der Waals surface area contributed by atoms with E-state index >= 15 is 0 Å². The van der Waals surface area contributed by atoms with Gasteiger partial charge >= 0.3 is 0 Å². The average molecular weight is 192 g/mol. The quantitative estimate of drug-likeness (QED) is 0.611. The fraction of sp³-hybridized carbons (Fsp3) is 1.00. The van der Waals surface area contributed by atoms with E-state index in [1.807, 2.05) is 0 Å². The summed E-state index contributed by atoms with van der Waals surface area (Å²) in [4.78, 5) is 0. The van der Waals surface area contributed by atoms with Crippen LogP contribution < -0.4 is 0 Å². The Hall–Kier alpha value is 0. The van der Waals surface area contributed by atoms with Crippen molar-refractivity contribution in [2.75, 3.05) is 0 Å². The van der Waals surface area contributed by atoms with Crippen LogP contribution in [0, 0.1) is 28.6 Å². The molecule has 0 aromatic carbocycles. The highest BCUT2D eigenvalue weighted by Gasteiger charge is 2.82. The average Bonchev–Trinajstić information content (AvgIpc) is 2.92. The second-order valence-corrected chi connectivity index (χ2v) is 6.45. The topological polar surface area (TPSA) is 0 Å². The van der Waals surface area contributed by atoms with Gasteiger partial charge in [0.1, 0.15) is 0 Å². The summed E-state index contributed by atoms with van der Waals surface area (Å²) in [5.74, 6) is 3.36. The highest BCUT2D eigenvalue weighted by atomic mass is 14.9. The van der Waals surface area contributed by atoms with Gasteiger partial charge in [0.15, 0.2) is 0 Å². The van der Waals surface area contributed by atoms with Crippen LogP contribution in [0.5, 0.6) is 0 Å². The van der Waals surface area contributed by atoms with Gasteiger partial charge in [-0.15, -0.1) is 0 Å². The molecule has 0 aromatic heterocycles. The molecule has 3 atom stereocenters. The van der Waals surface area contributed by atoms with Crippen LogP contribution in [0.2, 0.25) is 0 Å². The Balaban J connectivity index is 1.65. The fourth-order valence-electron chi connectivity index (χ4n) is 4.35. The Bertz CT molecular complexity index is 249. The van der Waals surface area contributed by atoms with E-state index in [4.69, 9.17) is 0 Å². The normalized spacial score (nSPS) is 55.1. The van der Waals surface area contributed by atoms with E-state index in [1.54, 1.807) is 19.3 Å². The van der Waals surface area contributed by atoms with Crippen LogP contribution >= 0.6 is 0 Å². The van der Waals surface area contributed by atoms with Crippen LogP contribution in [0.3, 0.4) is 0 Å². The van der Waals surface area contributed by atoms with Gasteiger partial charge in [-0.05, 0) is 47.8 Å². The van der Waals surface area contributed by atoms with Crippen LogP contribution in [0.4, 0.5) is 0 Å². The first-order chi connectivity index (χ1) is 6.68. The third-order valence-electron chi connectivity index (χ3n) is 5.88. The second kappa shape index (κ2) is 2.57. The zero-order valence-electron chi connectivity index (χ0n) is 9.97. The summed E-state index contributed by atoms with van der Waals surface area (Å²) >= 11 is 0. The largest absolute Gasteiger partial charge is 0.0654 e. The Morgan fingerprint density at radius 1 is 1.21 bits per heavy atom. The summed E-state index contributed by atoms with van der Waals surface area (Å²) in [6.45, 7) is 7.34. The molecule has 3 saturated carbocycles. The van der Waals surface area contributed by atoms with Gasteiger partial charge in [0.2, 0.25) is 0 Å². The summed E-state index contributed by atoms with van der Waals surface area (Å²) in [6, 6.07) is 0. The molecule has 0 heterocycles. The Morgan fingerprint density at radius 3 is 2.29 bits per heavy atom. The first kappa shape index (κ1) is 9.24. The summed E-state index contributed by atoms with van der Waals surface area (Å²) < 4.78 is 0. The van der Waals surface area contributed by atoms with Crippen molar-refractivity contribution in [3.8, 4) is 0 Å². The monoisotopic (exact) mass is 192 g/mol. The minimum atomic E-state index is 0.813. The fourth-order valence-corrected chi connectivity index (χ4v) is 4.35. The summed E-state index contributed by atoms with van der Waals surface area (Å²) in [7, 11) is 0. The predicted molar refractivity (Wildman–Crippen MR) is 60.1 cm³/mol. The van der Waals surface area contributed by atoms with Crippen LogP contribution in [0.1, 0.15) is 59.3 Å². The van der Waals surface area contributed by atoms with E-state index in [-0.39, 0.29) is 0 Å². The molecule has 3 rings (SSSR count). The molecule has 0 saturated heterocycles. The molecule has 80 valence electrons. The van der Waals surface area contributed by atoms with Gasteiger partial charge in [-0.1, -0.05) is 40.0 Å². The molecule has 0 heteroatoms. The molecule has 0 radical (unpaired) electrons. The lowest BCUT2D eigenvalue weighted by Gasteiger charge is -2.20. The maximum Gasteiger partial charge on any atom is -0.0206 e. The lowest BCUT2D eigenvalue weighted by Crippen LogP contribution is -2.13. The lowest BCUT2D eigenvalue weighted by molar-refractivity contribution is 0.284. The summed E-state index contributed by atoms with van der Waals surface area (Å²) in [5.41, 5.74) is 1.73. The standard InChI is InChI=1S/C14H24/c1-4-6-10(5-2)12-9-13(12,3)14-7-11(14)8-14/h10-12H,4-9H2,1-3H3. The van der Waals surface area contributed by atoms with Gasteiger partial charge in [0.05, 0.1) is 0 Å². The maximum absolute atomic E-state index is 2.60. The maximum atomic E-state index is 2.60. The van der Waals surface area contributed by atoms with Crippen molar-refractivity contribution in [3.05, 3.63) is 0 Å². The van der Waals surface area contributed by atoms with E-state index in [0.717, 1.165) is 22.7 Å². The SMILES string of the molecule is CCCC(CC)C1CC1(C)C12CC1C2. The van der Waals surface area contributed by atoms with Crippen molar-refractivity contribution in [2.24, 2.45) is 28.6 Å². The highest BCUT2D eigenvalue weighted by Crippen LogP contribution is 2.90. The molecule has 0 spiro atoms. The van der Waals surface area contributed by atoms with E-state index in [0.29, 0.717) is 0 Å². The molecule has 3 unspecified atom stereocenters. The van der Waals surface area contributed by atoms with Gasteiger partial charge in [-0.25, -0.2) is 0 Å². The first-order valence-corrected chi connectivity index (χ1v) is 6.68. The van der Waals surface area contributed by atoms with Crippen LogP contribution in [-0.4, -0.2) is 0 Å². The Labute approximate surface area is 88.5 Å². The zero-order valence-corrected chi connectivity index (χ0v) is 9.97. The molecule has 3 aliphatic rings. The van der Waals surface area contributed by atoms with E-state index in [1.165, 1.54) is 25.2 Å². The van der Waals surface area contributed by atoms with Crippen molar-refractivity contribution in [2.45, 2.75) is 59.3 Å². The minimum Gasteiger partial charge on any atom is -0.0654 e. The van der Waals surface area contributed by atoms with Gasteiger partial charge in [0, 0.05) is 0 Å². The Morgan fingerprint density at radius 2 is 1.86 bits per heavy atom. The number of rotatable bonds is 5. The van der Waals surface area contributed by atoms with Crippen molar-refractivity contribution in [3.63, 3.8) is 0 Å².